The lowest BCUT2D eigenvalue weighted by Crippen LogP contribution is -2.48. The molecule has 6 nitrogen and oxygen atoms in total. The second-order valence-electron chi connectivity index (χ2n) is 7.03. The average Bonchev–Trinajstić information content (AvgIpc) is 3.02. The molecule has 1 aromatic carbocycles. The van der Waals surface area contributed by atoms with E-state index in [0.29, 0.717) is 22.5 Å². The maximum absolute atomic E-state index is 11.4. The molecule has 0 radical (unpaired) electrons. The normalized spacial score (nSPS) is 15.1. The van der Waals surface area contributed by atoms with Crippen molar-refractivity contribution in [3.05, 3.63) is 40.0 Å². The molecular weight excluding hydrogens is 399 g/mol. The zero-order valence-corrected chi connectivity index (χ0v) is 17.8. The van der Waals surface area contributed by atoms with Gasteiger partial charge in [0, 0.05) is 49.9 Å². The molecule has 1 fully saturated rings. The van der Waals surface area contributed by atoms with Gasteiger partial charge in [-0.25, -0.2) is 4.68 Å². The molecule has 1 aliphatic rings. The Morgan fingerprint density at radius 3 is 2.57 bits per heavy atom. The molecule has 1 aromatic heterocycles. The second-order valence-corrected chi connectivity index (χ2v) is 7.88. The Labute approximate surface area is 176 Å². The van der Waals surface area contributed by atoms with Gasteiger partial charge >= 0.3 is 0 Å². The lowest BCUT2D eigenvalue weighted by atomic mass is 10.2. The number of ether oxygens (including phenoxy) is 1. The number of piperazine rings is 1. The molecule has 3 rings (SSSR count). The van der Waals surface area contributed by atoms with Crippen LogP contribution in [0.15, 0.2) is 24.3 Å². The first-order chi connectivity index (χ1) is 13.4. The van der Waals surface area contributed by atoms with Gasteiger partial charge in [-0.2, -0.15) is 0 Å². The predicted octanol–water partition coefficient (Wildman–Crippen LogP) is 3.81. The molecule has 2 heterocycles. The molecule has 1 aliphatic heterocycles. The number of nitrogens with zero attached hydrogens (tertiary/aromatic N) is 4. The monoisotopic (exact) mass is 424 g/mol. The van der Waals surface area contributed by atoms with E-state index in [1.165, 1.54) is 0 Å². The first-order valence-corrected chi connectivity index (χ1v) is 10.3. The Bertz CT molecular complexity index is 817. The maximum atomic E-state index is 11.4. The van der Waals surface area contributed by atoms with Gasteiger partial charge in [0.15, 0.2) is 0 Å². The molecular formula is C20H26Cl2N4O2. The predicted molar refractivity (Wildman–Crippen MR) is 112 cm³/mol. The number of aromatic nitrogens is 2. The Hall–Kier alpha value is -1.76. The minimum atomic E-state index is 0.169. The summed E-state index contributed by atoms with van der Waals surface area (Å²) in [5.41, 5.74) is 1.73. The van der Waals surface area contributed by atoms with Crippen molar-refractivity contribution in [1.82, 2.24) is 19.6 Å². The van der Waals surface area contributed by atoms with E-state index in [9.17, 15) is 4.79 Å². The van der Waals surface area contributed by atoms with Crippen LogP contribution in [0.5, 0.6) is 5.88 Å². The lowest BCUT2D eigenvalue weighted by molar-refractivity contribution is -0.130. The number of hydrogen-bond donors (Lipinski definition) is 0. The molecule has 0 unspecified atom stereocenters. The topological polar surface area (TPSA) is 50.6 Å². The molecule has 0 spiro atoms. The number of carbonyl (C=O) groups is 1. The summed E-state index contributed by atoms with van der Waals surface area (Å²) in [6, 6.07) is 7.25. The molecule has 0 aliphatic carbocycles. The number of unbranched alkanes of at least 4 members (excludes halogenated alkanes) is 1. The Kier molecular flexibility index (Phi) is 7.21. The van der Waals surface area contributed by atoms with Gasteiger partial charge in [0.25, 0.3) is 0 Å². The molecule has 0 saturated carbocycles. The van der Waals surface area contributed by atoms with Gasteiger partial charge in [-0.3, -0.25) is 9.69 Å². The summed E-state index contributed by atoms with van der Waals surface area (Å²) in [5, 5.41) is 5.65. The fraction of sp³-hybridized carbons (Fsp3) is 0.500. The van der Waals surface area contributed by atoms with Crippen LogP contribution in [0, 0.1) is 6.92 Å². The standard InChI is InChI=1S/C20H26Cl2N4O2/c1-15-13-20(23-26(15)19-6-5-17(21)14-18(19)22)28-12-4-3-7-24-8-10-25(11-9-24)16(2)27/h5-6,13-14H,3-4,7-12H2,1-2H3. The van der Waals surface area contributed by atoms with Crippen LogP contribution in [-0.2, 0) is 4.79 Å². The van der Waals surface area contributed by atoms with Crippen LogP contribution in [0.1, 0.15) is 25.5 Å². The summed E-state index contributed by atoms with van der Waals surface area (Å²) in [6.07, 6.45) is 2.02. The van der Waals surface area contributed by atoms with Crippen LogP contribution in [0.3, 0.4) is 0 Å². The van der Waals surface area contributed by atoms with Crippen molar-refractivity contribution in [3.63, 3.8) is 0 Å². The first kappa shape index (κ1) is 21.0. The van der Waals surface area contributed by atoms with E-state index in [0.717, 1.165) is 56.9 Å². The highest BCUT2D eigenvalue weighted by Gasteiger charge is 2.17. The van der Waals surface area contributed by atoms with Gasteiger partial charge in [0.05, 0.1) is 17.3 Å². The third-order valence-electron chi connectivity index (χ3n) is 4.94. The largest absolute Gasteiger partial charge is 0.477 e. The smallest absolute Gasteiger partial charge is 0.233 e. The Morgan fingerprint density at radius 1 is 1.14 bits per heavy atom. The summed E-state index contributed by atoms with van der Waals surface area (Å²) >= 11 is 12.2. The number of benzene rings is 1. The van der Waals surface area contributed by atoms with Crippen LogP contribution in [0.4, 0.5) is 0 Å². The second kappa shape index (κ2) is 9.63. The highest BCUT2D eigenvalue weighted by atomic mass is 35.5. The van der Waals surface area contributed by atoms with Gasteiger partial charge in [-0.1, -0.05) is 23.2 Å². The quantitative estimate of drug-likeness (QED) is 0.634. The number of aryl methyl sites for hydroxylation is 1. The highest BCUT2D eigenvalue weighted by Crippen LogP contribution is 2.26. The summed E-state index contributed by atoms with van der Waals surface area (Å²) in [7, 11) is 0. The zero-order chi connectivity index (χ0) is 20.1. The minimum Gasteiger partial charge on any atom is -0.477 e. The highest BCUT2D eigenvalue weighted by molar-refractivity contribution is 6.35. The van der Waals surface area contributed by atoms with Crippen molar-refractivity contribution in [2.75, 3.05) is 39.3 Å². The third kappa shape index (κ3) is 5.40. The van der Waals surface area contributed by atoms with E-state index in [-0.39, 0.29) is 5.91 Å². The molecule has 2 aromatic rings. The molecule has 28 heavy (non-hydrogen) atoms. The van der Waals surface area contributed by atoms with Crippen LogP contribution in [-0.4, -0.2) is 64.8 Å². The molecule has 1 amide bonds. The van der Waals surface area contributed by atoms with E-state index in [1.807, 2.05) is 24.0 Å². The van der Waals surface area contributed by atoms with Crippen LogP contribution < -0.4 is 4.74 Å². The third-order valence-corrected chi connectivity index (χ3v) is 5.48. The van der Waals surface area contributed by atoms with E-state index in [2.05, 4.69) is 10.00 Å². The number of halogens is 2. The van der Waals surface area contributed by atoms with Gasteiger partial charge in [-0.05, 0) is 44.5 Å². The minimum absolute atomic E-state index is 0.169. The van der Waals surface area contributed by atoms with E-state index < -0.39 is 0 Å². The lowest BCUT2D eigenvalue weighted by Gasteiger charge is -2.34. The first-order valence-electron chi connectivity index (χ1n) is 9.57. The van der Waals surface area contributed by atoms with Crippen molar-refractivity contribution in [2.45, 2.75) is 26.7 Å². The van der Waals surface area contributed by atoms with Gasteiger partial charge in [0.1, 0.15) is 0 Å². The summed E-state index contributed by atoms with van der Waals surface area (Å²) in [5.74, 6) is 0.765. The van der Waals surface area contributed by atoms with Crippen molar-refractivity contribution in [1.29, 1.82) is 0 Å². The van der Waals surface area contributed by atoms with Crippen molar-refractivity contribution >= 4 is 29.1 Å². The van der Waals surface area contributed by atoms with E-state index >= 15 is 0 Å². The molecule has 0 N–H and O–H groups in total. The van der Waals surface area contributed by atoms with E-state index in [1.54, 1.807) is 23.7 Å². The fourth-order valence-electron chi connectivity index (χ4n) is 3.31. The fourth-order valence-corrected chi connectivity index (χ4v) is 3.80. The van der Waals surface area contributed by atoms with Gasteiger partial charge in [-0.15, -0.1) is 5.10 Å². The number of amides is 1. The summed E-state index contributed by atoms with van der Waals surface area (Å²) < 4.78 is 7.58. The van der Waals surface area contributed by atoms with Crippen molar-refractivity contribution in [3.8, 4) is 11.6 Å². The van der Waals surface area contributed by atoms with Crippen LogP contribution >= 0.6 is 23.2 Å². The molecule has 0 bridgehead atoms. The van der Waals surface area contributed by atoms with Crippen molar-refractivity contribution in [2.24, 2.45) is 0 Å². The molecule has 152 valence electrons. The number of hydrogen-bond acceptors (Lipinski definition) is 4. The number of carbonyl (C=O) groups excluding carboxylic acids is 1. The van der Waals surface area contributed by atoms with Gasteiger partial charge in [0.2, 0.25) is 11.8 Å². The Balaban J connectivity index is 1.42. The van der Waals surface area contributed by atoms with Gasteiger partial charge < -0.3 is 9.64 Å². The molecule has 8 heteroatoms. The average molecular weight is 425 g/mol. The maximum Gasteiger partial charge on any atom is 0.233 e. The number of rotatable bonds is 7. The van der Waals surface area contributed by atoms with Crippen molar-refractivity contribution < 1.29 is 9.53 Å². The van der Waals surface area contributed by atoms with Crippen LogP contribution in [0.2, 0.25) is 10.0 Å². The molecule has 1 saturated heterocycles. The summed E-state index contributed by atoms with van der Waals surface area (Å²) in [6.45, 7) is 8.81. The summed E-state index contributed by atoms with van der Waals surface area (Å²) in [4.78, 5) is 15.7. The zero-order valence-electron chi connectivity index (χ0n) is 16.3. The van der Waals surface area contributed by atoms with Crippen LogP contribution in [0.25, 0.3) is 5.69 Å². The van der Waals surface area contributed by atoms with E-state index in [4.69, 9.17) is 27.9 Å². The molecule has 0 atom stereocenters. The Morgan fingerprint density at radius 2 is 1.89 bits per heavy atom. The SMILES string of the molecule is CC(=O)N1CCN(CCCCOc2cc(C)n(-c3ccc(Cl)cc3Cl)n2)CC1.